The Kier molecular flexibility index (Phi) is 6.23. The first-order chi connectivity index (χ1) is 15.3. The van der Waals surface area contributed by atoms with E-state index < -0.39 is 21.8 Å². The summed E-state index contributed by atoms with van der Waals surface area (Å²) in [6.07, 6.45) is 2.01. The molecule has 0 aliphatic heterocycles. The van der Waals surface area contributed by atoms with E-state index in [1.165, 1.54) is 24.3 Å². The minimum atomic E-state index is -4.20. The molecule has 5 nitrogen and oxygen atoms in total. The third-order valence-corrected chi connectivity index (χ3v) is 6.42. The Morgan fingerprint density at radius 1 is 0.938 bits per heavy atom. The number of carbonyl (C=O) groups is 1. The standard InChI is InChI=1S/C24H21F2NO4S/c25-20-10-12-22(13-11-20)32(29,30)31-23-7-2-1-4-19(23)16-27(15-17-8-9-17)24(28)18-5-3-6-21(26)14-18/h1-7,10-14,17H,8-9,15-16H2. The van der Waals surface area contributed by atoms with Gasteiger partial charge in [0.05, 0.1) is 0 Å². The zero-order valence-corrected chi connectivity index (χ0v) is 17.9. The van der Waals surface area contributed by atoms with Gasteiger partial charge in [-0.2, -0.15) is 8.42 Å². The van der Waals surface area contributed by atoms with Gasteiger partial charge in [0.15, 0.2) is 0 Å². The number of rotatable bonds is 8. The number of nitrogens with zero attached hydrogens (tertiary/aromatic N) is 1. The maximum atomic E-state index is 13.6. The van der Waals surface area contributed by atoms with Crippen molar-refractivity contribution in [1.82, 2.24) is 4.90 Å². The average Bonchev–Trinajstić information content (AvgIpc) is 3.58. The van der Waals surface area contributed by atoms with E-state index in [2.05, 4.69) is 0 Å². The maximum absolute atomic E-state index is 13.6. The molecule has 0 aromatic heterocycles. The van der Waals surface area contributed by atoms with Crippen molar-refractivity contribution in [3.63, 3.8) is 0 Å². The zero-order valence-electron chi connectivity index (χ0n) is 17.1. The first-order valence-corrected chi connectivity index (χ1v) is 11.6. The Balaban J connectivity index is 1.60. The SMILES string of the molecule is O=C(c1cccc(F)c1)N(Cc1ccccc1OS(=O)(=O)c1ccc(F)cc1)CC1CC1. The Morgan fingerprint density at radius 3 is 2.34 bits per heavy atom. The van der Waals surface area contributed by atoms with E-state index in [4.69, 9.17) is 4.18 Å². The van der Waals surface area contributed by atoms with Gasteiger partial charge >= 0.3 is 10.1 Å². The first-order valence-electron chi connectivity index (χ1n) is 10.1. The number of hydrogen-bond acceptors (Lipinski definition) is 4. The fraction of sp³-hybridized carbons (Fsp3) is 0.208. The van der Waals surface area contributed by atoms with E-state index >= 15 is 0 Å². The van der Waals surface area contributed by atoms with Crippen LogP contribution in [0.15, 0.2) is 77.7 Å². The zero-order chi connectivity index (χ0) is 22.7. The number of para-hydroxylation sites is 1. The molecule has 0 bridgehead atoms. The predicted molar refractivity (Wildman–Crippen MR) is 115 cm³/mol. The minimum absolute atomic E-state index is 0.0738. The van der Waals surface area contributed by atoms with Gasteiger partial charge in [0.2, 0.25) is 0 Å². The topological polar surface area (TPSA) is 63.7 Å². The van der Waals surface area contributed by atoms with Crippen LogP contribution in [0.1, 0.15) is 28.8 Å². The molecule has 1 aliphatic rings. The molecule has 0 radical (unpaired) electrons. The van der Waals surface area contributed by atoms with E-state index in [0.29, 0.717) is 18.0 Å². The summed E-state index contributed by atoms with van der Waals surface area (Å²) in [7, 11) is -4.20. The summed E-state index contributed by atoms with van der Waals surface area (Å²) < 4.78 is 57.5. The van der Waals surface area contributed by atoms with Crippen LogP contribution in [0.25, 0.3) is 0 Å². The summed E-state index contributed by atoms with van der Waals surface area (Å²) in [6, 6.07) is 16.3. The van der Waals surface area contributed by atoms with E-state index in [1.807, 2.05) is 0 Å². The first kappa shape index (κ1) is 22.0. The van der Waals surface area contributed by atoms with Crippen molar-refractivity contribution in [3.8, 4) is 5.75 Å². The Bertz CT molecular complexity index is 1220. The summed E-state index contributed by atoms with van der Waals surface area (Å²) in [4.78, 5) is 14.5. The fourth-order valence-electron chi connectivity index (χ4n) is 3.32. The van der Waals surface area contributed by atoms with Crippen molar-refractivity contribution in [1.29, 1.82) is 0 Å². The van der Waals surface area contributed by atoms with Crippen LogP contribution >= 0.6 is 0 Å². The average molecular weight is 457 g/mol. The van der Waals surface area contributed by atoms with Crippen LogP contribution < -0.4 is 4.18 Å². The van der Waals surface area contributed by atoms with Crippen LogP contribution in [0.5, 0.6) is 5.75 Å². The van der Waals surface area contributed by atoms with E-state index in [-0.39, 0.29) is 28.7 Å². The van der Waals surface area contributed by atoms with Crippen molar-refractivity contribution in [2.24, 2.45) is 5.92 Å². The number of hydrogen-bond donors (Lipinski definition) is 0. The van der Waals surface area contributed by atoms with Gasteiger partial charge in [0.25, 0.3) is 5.91 Å². The molecule has 32 heavy (non-hydrogen) atoms. The predicted octanol–water partition coefficient (Wildman–Crippen LogP) is 4.78. The molecule has 0 atom stereocenters. The second-order valence-corrected chi connectivity index (χ2v) is 9.28. The minimum Gasteiger partial charge on any atom is -0.379 e. The van der Waals surface area contributed by atoms with Gasteiger partial charge in [-0.1, -0.05) is 24.3 Å². The van der Waals surface area contributed by atoms with E-state index in [9.17, 15) is 22.0 Å². The fourth-order valence-corrected chi connectivity index (χ4v) is 4.29. The summed E-state index contributed by atoms with van der Waals surface area (Å²) in [5.41, 5.74) is 0.714. The van der Waals surface area contributed by atoms with Gasteiger partial charge in [0, 0.05) is 24.2 Å². The normalized spacial score (nSPS) is 13.6. The molecule has 4 rings (SSSR count). The molecular formula is C24H21F2NO4S. The molecule has 0 unspecified atom stereocenters. The van der Waals surface area contributed by atoms with Gasteiger partial charge in [-0.05, 0) is 67.3 Å². The number of benzene rings is 3. The molecule has 8 heteroatoms. The van der Waals surface area contributed by atoms with Gasteiger partial charge in [-0.15, -0.1) is 0 Å². The lowest BCUT2D eigenvalue weighted by Crippen LogP contribution is -2.32. The molecule has 0 N–H and O–H groups in total. The van der Waals surface area contributed by atoms with Crippen LogP contribution in [0.2, 0.25) is 0 Å². The Hall–Kier alpha value is -3.26. The molecule has 3 aromatic rings. The molecule has 0 spiro atoms. The highest BCUT2D eigenvalue weighted by Crippen LogP contribution is 2.32. The number of carbonyl (C=O) groups excluding carboxylic acids is 1. The van der Waals surface area contributed by atoms with Crippen LogP contribution in [0, 0.1) is 17.6 Å². The second kappa shape index (κ2) is 9.08. The molecular weight excluding hydrogens is 436 g/mol. The monoisotopic (exact) mass is 457 g/mol. The lowest BCUT2D eigenvalue weighted by Gasteiger charge is -2.24. The van der Waals surface area contributed by atoms with E-state index in [1.54, 1.807) is 29.2 Å². The highest BCUT2D eigenvalue weighted by Gasteiger charge is 2.28. The van der Waals surface area contributed by atoms with Crippen molar-refractivity contribution in [3.05, 3.63) is 95.6 Å². The number of amides is 1. The van der Waals surface area contributed by atoms with Crippen molar-refractivity contribution < 1.29 is 26.2 Å². The second-order valence-electron chi connectivity index (χ2n) is 7.74. The highest BCUT2D eigenvalue weighted by molar-refractivity contribution is 7.87. The van der Waals surface area contributed by atoms with Crippen LogP contribution in [0.3, 0.4) is 0 Å². The third kappa shape index (κ3) is 5.31. The quantitative estimate of drug-likeness (QED) is 0.457. The number of halogens is 2. The molecule has 1 aliphatic carbocycles. The molecule has 1 amide bonds. The molecule has 166 valence electrons. The largest absolute Gasteiger partial charge is 0.379 e. The lowest BCUT2D eigenvalue weighted by molar-refractivity contribution is 0.0734. The molecule has 3 aromatic carbocycles. The molecule has 0 saturated heterocycles. The van der Waals surface area contributed by atoms with Crippen molar-refractivity contribution in [2.45, 2.75) is 24.3 Å². The van der Waals surface area contributed by atoms with Gasteiger partial charge < -0.3 is 9.08 Å². The van der Waals surface area contributed by atoms with Gasteiger partial charge in [-0.3, -0.25) is 4.79 Å². The van der Waals surface area contributed by atoms with Gasteiger partial charge in [0.1, 0.15) is 22.3 Å². The summed E-state index contributed by atoms with van der Waals surface area (Å²) in [5, 5.41) is 0. The summed E-state index contributed by atoms with van der Waals surface area (Å²) in [6.45, 7) is 0.579. The van der Waals surface area contributed by atoms with Crippen molar-refractivity contribution in [2.75, 3.05) is 6.54 Å². The van der Waals surface area contributed by atoms with Crippen LogP contribution in [0.4, 0.5) is 8.78 Å². The van der Waals surface area contributed by atoms with Crippen LogP contribution in [-0.4, -0.2) is 25.8 Å². The smallest absolute Gasteiger partial charge is 0.339 e. The Morgan fingerprint density at radius 2 is 1.66 bits per heavy atom. The highest BCUT2D eigenvalue weighted by atomic mass is 32.2. The molecule has 0 heterocycles. The van der Waals surface area contributed by atoms with Crippen LogP contribution in [-0.2, 0) is 16.7 Å². The van der Waals surface area contributed by atoms with Crippen molar-refractivity contribution >= 4 is 16.0 Å². The molecule has 1 saturated carbocycles. The Labute approximate surface area is 185 Å². The van der Waals surface area contributed by atoms with E-state index in [0.717, 1.165) is 37.1 Å². The summed E-state index contributed by atoms with van der Waals surface area (Å²) in [5.74, 6) is -0.965. The maximum Gasteiger partial charge on any atom is 0.339 e. The third-order valence-electron chi connectivity index (χ3n) is 5.17. The van der Waals surface area contributed by atoms with Gasteiger partial charge in [-0.25, -0.2) is 8.78 Å². The molecule has 1 fully saturated rings. The summed E-state index contributed by atoms with van der Waals surface area (Å²) >= 11 is 0. The lowest BCUT2D eigenvalue weighted by atomic mass is 10.1.